The van der Waals surface area contributed by atoms with Gasteiger partial charge in [0.15, 0.2) is 0 Å². The van der Waals surface area contributed by atoms with E-state index in [1.165, 1.54) is 0 Å². The molecule has 3 aromatic carbocycles. The van der Waals surface area contributed by atoms with Crippen LogP contribution in [-0.4, -0.2) is 38.1 Å². The molecule has 3 rings (SSSR count). The highest BCUT2D eigenvalue weighted by Crippen LogP contribution is 2.29. The van der Waals surface area contributed by atoms with Crippen LogP contribution in [0.1, 0.15) is 10.4 Å². The molecule has 0 unspecified atom stereocenters. The third kappa shape index (κ3) is 5.12. The number of carbonyl (C=O) groups is 1. The number of likely N-dealkylation sites (N-methyl/N-ethyl adjacent to an activating group) is 1. The van der Waals surface area contributed by atoms with Crippen molar-refractivity contribution >= 4 is 28.9 Å². The fourth-order valence-corrected chi connectivity index (χ4v) is 2.85. The molecule has 1 amide bonds. The Hall–Kier alpha value is -2.82. The van der Waals surface area contributed by atoms with Gasteiger partial charge < -0.3 is 9.64 Å². The lowest BCUT2D eigenvalue weighted by atomic mass is 10.1. The molecular weight excluding hydrogens is 372 g/mol. The van der Waals surface area contributed by atoms with Gasteiger partial charge in [0.05, 0.1) is 0 Å². The molecule has 0 fully saturated rings. The Morgan fingerprint density at radius 3 is 2.07 bits per heavy atom. The first-order valence-corrected chi connectivity index (χ1v) is 9.45. The Kier molecular flexibility index (Phi) is 6.69. The first-order valence-electron chi connectivity index (χ1n) is 9.07. The highest BCUT2D eigenvalue weighted by molar-refractivity contribution is 6.30. The van der Waals surface area contributed by atoms with Crippen molar-refractivity contribution in [1.29, 1.82) is 0 Å². The molecule has 0 N–H and O–H groups in total. The van der Waals surface area contributed by atoms with Crippen molar-refractivity contribution in [1.82, 2.24) is 4.90 Å². The lowest BCUT2D eigenvalue weighted by molar-refractivity contribution is 0.0999. The summed E-state index contributed by atoms with van der Waals surface area (Å²) in [5.74, 6) is 0.654. The summed E-state index contributed by atoms with van der Waals surface area (Å²) in [7, 11) is 4.01. The van der Waals surface area contributed by atoms with Gasteiger partial charge in [0.2, 0.25) is 0 Å². The maximum absolute atomic E-state index is 13.2. The molecular formula is C23H23ClN2O2. The second-order valence-electron chi connectivity index (χ2n) is 6.63. The zero-order chi connectivity index (χ0) is 19.9. The van der Waals surface area contributed by atoms with Gasteiger partial charge in [-0.1, -0.05) is 29.8 Å². The number of ether oxygens (including phenoxy) is 1. The van der Waals surface area contributed by atoms with E-state index in [1.807, 2.05) is 68.7 Å². The van der Waals surface area contributed by atoms with Crippen LogP contribution in [0.25, 0.3) is 0 Å². The number of benzene rings is 3. The molecule has 0 atom stereocenters. The predicted molar refractivity (Wildman–Crippen MR) is 115 cm³/mol. The number of rotatable bonds is 7. The fraction of sp³-hybridized carbons (Fsp3) is 0.174. The number of para-hydroxylation sites is 1. The van der Waals surface area contributed by atoms with Gasteiger partial charge in [-0.3, -0.25) is 9.69 Å². The van der Waals surface area contributed by atoms with Crippen LogP contribution in [0.5, 0.6) is 5.75 Å². The molecule has 0 bridgehead atoms. The average molecular weight is 395 g/mol. The Morgan fingerprint density at radius 1 is 0.857 bits per heavy atom. The highest BCUT2D eigenvalue weighted by atomic mass is 35.5. The SMILES string of the molecule is CN(C)CCOc1ccc(N(C(=O)c2ccc(Cl)cc2)c2ccccc2)cc1. The third-order valence-corrected chi connectivity index (χ3v) is 4.46. The number of halogens is 1. The molecule has 0 aliphatic heterocycles. The predicted octanol–water partition coefficient (Wildman–Crippen LogP) is 5.26. The molecule has 144 valence electrons. The summed E-state index contributed by atoms with van der Waals surface area (Å²) in [4.78, 5) is 17.0. The van der Waals surface area contributed by atoms with Crippen molar-refractivity contribution in [3.05, 3.63) is 89.4 Å². The molecule has 0 saturated carbocycles. The van der Waals surface area contributed by atoms with E-state index < -0.39 is 0 Å². The molecule has 0 aliphatic carbocycles. The topological polar surface area (TPSA) is 32.8 Å². The smallest absolute Gasteiger partial charge is 0.262 e. The molecule has 0 saturated heterocycles. The first-order chi connectivity index (χ1) is 13.5. The van der Waals surface area contributed by atoms with Gasteiger partial charge in [-0.25, -0.2) is 0 Å². The van der Waals surface area contributed by atoms with Crippen molar-refractivity contribution < 1.29 is 9.53 Å². The molecule has 28 heavy (non-hydrogen) atoms. The normalized spacial score (nSPS) is 10.7. The fourth-order valence-electron chi connectivity index (χ4n) is 2.72. The minimum absolute atomic E-state index is 0.121. The van der Waals surface area contributed by atoms with Crippen molar-refractivity contribution in [2.45, 2.75) is 0 Å². The molecule has 0 aliphatic rings. The number of nitrogens with zero attached hydrogens (tertiary/aromatic N) is 2. The van der Waals surface area contributed by atoms with Crippen molar-refractivity contribution in [3.8, 4) is 5.75 Å². The summed E-state index contributed by atoms with van der Waals surface area (Å²) in [6.45, 7) is 1.45. The van der Waals surface area contributed by atoms with Crippen LogP contribution < -0.4 is 9.64 Å². The molecule has 4 nitrogen and oxygen atoms in total. The van der Waals surface area contributed by atoms with E-state index in [2.05, 4.69) is 4.90 Å². The van der Waals surface area contributed by atoms with Crippen molar-refractivity contribution in [2.24, 2.45) is 0 Å². The van der Waals surface area contributed by atoms with Gasteiger partial charge in [0, 0.05) is 28.5 Å². The molecule has 0 spiro atoms. The monoisotopic (exact) mass is 394 g/mol. The molecule has 5 heteroatoms. The summed E-state index contributed by atoms with van der Waals surface area (Å²) < 4.78 is 5.76. The Balaban J connectivity index is 1.87. The van der Waals surface area contributed by atoms with Crippen LogP contribution in [0.4, 0.5) is 11.4 Å². The lowest BCUT2D eigenvalue weighted by Crippen LogP contribution is -2.25. The van der Waals surface area contributed by atoms with Gasteiger partial charge in [-0.2, -0.15) is 0 Å². The standard InChI is InChI=1S/C23H23ClN2O2/c1-25(2)16-17-28-22-14-12-21(13-15-22)26(20-6-4-3-5-7-20)23(27)18-8-10-19(24)11-9-18/h3-15H,16-17H2,1-2H3. The number of hydrogen-bond acceptors (Lipinski definition) is 3. The van der Waals surface area contributed by atoms with Gasteiger partial charge in [-0.15, -0.1) is 0 Å². The summed E-state index contributed by atoms with van der Waals surface area (Å²) in [5, 5.41) is 0.599. The Morgan fingerprint density at radius 2 is 1.46 bits per heavy atom. The minimum atomic E-state index is -0.121. The van der Waals surface area contributed by atoms with Crippen LogP contribution >= 0.6 is 11.6 Å². The van der Waals surface area contributed by atoms with Crippen molar-refractivity contribution in [2.75, 3.05) is 32.1 Å². The van der Waals surface area contributed by atoms with Gasteiger partial charge >= 0.3 is 0 Å². The van der Waals surface area contributed by atoms with Gasteiger partial charge in [0.1, 0.15) is 12.4 Å². The molecule has 3 aromatic rings. The molecule has 0 radical (unpaired) electrons. The van der Waals surface area contributed by atoms with E-state index >= 15 is 0 Å². The van der Waals surface area contributed by atoms with Gasteiger partial charge in [-0.05, 0) is 74.8 Å². The van der Waals surface area contributed by atoms with Crippen LogP contribution in [0.15, 0.2) is 78.9 Å². The van der Waals surface area contributed by atoms with E-state index in [1.54, 1.807) is 29.2 Å². The minimum Gasteiger partial charge on any atom is -0.492 e. The summed E-state index contributed by atoms with van der Waals surface area (Å²) in [6, 6.07) is 24.1. The molecule has 0 heterocycles. The van der Waals surface area contributed by atoms with E-state index in [4.69, 9.17) is 16.3 Å². The number of hydrogen-bond donors (Lipinski definition) is 0. The maximum Gasteiger partial charge on any atom is 0.262 e. The summed E-state index contributed by atoms with van der Waals surface area (Å²) in [5.41, 5.74) is 2.13. The lowest BCUT2D eigenvalue weighted by Gasteiger charge is -2.23. The Labute approximate surface area is 170 Å². The number of anilines is 2. The Bertz CT molecular complexity index is 894. The van der Waals surface area contributed by atoms with Crippen molar-refractivity contribution in [3.63, 3.8) is 0 Å². The van der Waals surface area contributed by atoms with Crippen LogP contribution in [-0.2, 0) is 0 Å². The second-order valence-corrected chi connectivity index (χ2v) is 7.07. The van der Waals surface area contributed by atoms with Crippen LogP contribution in [0.3, 0.4) is 0 Å². The second kappa shape index (κ2) is 9.40. The summed E-state index contributed by atoms with van der Waals surface area (Å²) >= 11 is 5.97. The van der Waals surface area contributed by atoms with E-state index in [0.717, 1.165) is 23.7 Å². The van der Waals surface area contributed by atoms with Crippen LogP contribution in [0, 0.1) is 0 Å². The molecule has 0 aromatic heterocycles. The quantitative estimate of drug-likeness (QED) is 0.548. The van der Waals surface area contributed by atoms with Crippen LogP contribution in [0.2, 0.25) is 5.02 Å². The van der Waals surface area contributed by atoms with E-state index in [-0.39, 0.29) is 5.91 Å². The average Bonchev–Trinajstić information content (AvgIpc) is 2.70. The number of carbonyl (C=O) groups excluding carboxylic acids is 1. The number of amides is 1. The maximum atomic E-state index is 13.2. The summed E-state index contributed by atoms with van der Waals surface area (Å²) in [6.07, 6.45) is 0. The van der Waals surface area contributed by atoms with E-state index in [9.17, 15) is 4.79 Å². The third-order valence-electron chi connectivity index (χ3n) is 4.21. The first kappa shape index (κ1) is 19.9. The highest BCUT2D eigenvalue weighted by Gasteiger charge is 2.19. The zero-order valence-electron chi connectivity index (χ0n) is 16.0. The van der Waals surface area contributed by atoms with E-state index in [0.29, 0.717) is 17.2 Å². The largest absolute Gasteiger partial charge is 0.492 e. The van der Waals surface area contributed by atoms with Gasteiger partial charge in [0.25, 0.3) is 5.91 Å². The zero-order valence-corrected chi connectivity index (χ0v) is 16.8.